The number of nitrogens with one attached hydrogen (secondary N) is 2. The fourth-order valence-corrected chi connectivity index (χ4v) is 5.74. The van der Waals surface area contributed by atoms with Crippen LogP contribution in [0.4, 0.5) is 0 Å². The Balaban J connectivity index is 4.29. The van der Waals surface area contributed by atoms with Crippen molar-refractivity contribution in [3.8, 4) is 0 Å². The van der Waals surface area contributed by atoms with Gasteiger partial charge in [0, 0.05) is 12.8 Å². The molecule has 0 bridgehead atoms. The highest BCUT2D eigenvalue weighted by molar-refractivity contribution is 5.87. The highest BCUT2D eigenvalue weighted by Crippen LogP contribution is 2.15. The predicted octanol–water partition coefficient (Wildman–Crippen LogP) is 9.26. The summed E-state index contributed by atoms with van der Waals surface area (Å²) in [5.74, 6) is -2.40. The van der Waals surface area contributed by atoms with Crippen LogP contribution in [0.25, 0.3) is 0 Å². The van der Waals surface area contributed by atoms with Crippen LogP contribution in [0.15, 0.2) is 24.3 Å². The van der Waals surface area contributed by atoms with Crippen molar-refractivity contribution in [2.45, 2.75) is 199 Å². The quantitative estimate of drug-likeness (QED) is 0.0289. The number of ether oxygens (including phenoxy) is 1. The largest absolute Gasteiger partial charge is 0.480 e. The molecule has 0 spiro atoms. The number of carbonyl (C=O) groups is 4. The first-order valence-corrected chi connectivity index (χ1v) is 20.2. The van der Waals surface area contributed by atoms with Crippen LogP contribution in [0.5, 0.6) is 0 Å². The molecule has 0 aliphatic rings. The number of carboxylic acids is 1. The average molecular weight is 707 g/mol. The van der Waals surface area contributed by atoms with E-state index in [1.54, 1.807) is 0 Å². The molecule has 50 heavy (non-hydrogen) atoms. The van der Waals surface area contributed by atoms with E-state index in [9.17, 15) is 19.2 Å². The summed E-state index contributed by atoms with van der Waals surface area (Å²) < 4.78 is 5.89. The van der Waals surface area contributed by atoms with E-state index in [0.717, 1.165) is 64.2 Å². The van der Waals surface area contributed by atoms with E-state index < -0.39 is 24.5 Å². The molecule has 0 aliphatic heterocycles. The molecule has 0 aromatic carbocycles. The fourth-order valence-electron chi connectivity index (χ4n) is 5.74. The molecule has 0 aromatic heterocycles. The molecule has 0 saturated heterocycles. The van der Waals surface area contributed by atoms with Gasteiger partial charge in [-0.1, -0.05) is 128 Å². The molecule has 2 atom stereocenters. The van der Waals surface area contributed by atoms with Gasteiger partial charge in [-0.05, 0) is 70.3 Å². The predicted molar refractivity (Wildman–Crippen MR) is 204 cm³/mol. The molecule has 0 heterocycles. The van der Waals surface area contributed by atoms with Crippen LogP contribution in [-0.4, -0.2) is 59.3 Å². The first-order chi connectivity index (χ1) is 24.3. The summed E-state index contributed by atoms with van der Waals surface area (Å²) in [4.78, 5) is 47.4. The van der Waals surface area contributed by atoms with Gasteiger partial charge in [0.05, 0.1) is 13.2 Å². The summed E-state index contributed by atoms with van der Waals surface area (Å²) in [5.41, 5.74) is 0. The van der Waals surface area contributed by atoms with Crippen molar-refractivity contribution in [1.29, 1.82) is 0 Å². The molecule has 4 N–H and O–H groups in total. The van der Waals surface area contributed by atoms with Gasteiger partial charge < -0.3 is 25.6 Å². The summed E-state index contributed by atoms with van der Waals surface area (Å²) in [6, 6.07) is -1.39. The Morgan fingerprint density at radius 3 is 1.62 bits per heavy atom. The number of hydrogen-bond acceptors (Lipinski definition) is 6. The van der Waals surface area contributed by atoms with Gasteiger partial charge in [-0.15, -0.1) is 0 Å². The van der Waals surface area contributed by atoms with Gasteiger partial charge in [0.1, 0.15) is 12.1 Å². The number of aliphatic hydroxyl groups is 1. The third-order valence-electron chi connectivity index (χ3n) is 8.91. The van der Waals surface area contributed by atoms with Gasteiger partial charge in [0.2, 0.25) is 11.8 Å². The van der Waals surface area contributed by atoms with E-state index in [4.69, 9.17) is 14.9 Å². The van der Waals surface area contributed by atoms with E-state index in [2.05, 4.69) is 48.8 Å². The van der Waals surface area contributed by atoms with Gasteiger partial charge in [-0.3, -0.25) is 14.4 Å². The summed E-state index contributed by atoms with van der Waals surface area (Å²) in [7, 11) is 0. The molecule has 2 unspecified atom stereocenters. The Hall–Kier alpha value is -2.68. The van der Waals surface area contributed by atoms with Crippen LogP contribution < -0.4 is 10.6 Å². The molecule has 9 heteroatoms. The first kappa shape index (κ1) is 47.3. The Morgan fingerprint density at radius 2 is 1.08 bits per heavy atom. The van der Waals surface area contributed by atoms with Crippen LogP contribution in [0, 0.1) is 0 Å². The lowest BCUT2D eigenvalue weighted by Gasteiger charge is -2.15. The number of carboxylic acid groups (broad SMARTS) is 1. The lowest BCUT2D eigenvalue weighted by atomic mass is 10.1. The SMILES string of the molecule is CCCCCCCC/C=C\CCCCCCCC(=O)OC(/C=C\CCCCCCCC)CCCCCCC(=O)NCC(=O)NC(CO)C(=O)O. The highest BCUT2D eigenvalue weighted by Gasteiger charge is 2.18. The van der Waals surface area contributed by atoms with Crippen LogP contribution in [0.2, 0.25) is 0 Å². The first-order valence-electron chi connectivity index (χ1n) is 20.2. The molecule has 0 aromatic rings. The number of amides is 2. The van der Waals surface area contributed by atoms with Crippen LogP contribution in [0.3, 0.4) is 0 Å². The van der Waals surface area contributed by atoms with E-state index in [0.29, 0.717) is 12.8 Å². The van der Waals surface area contributed by atoms with Crippen molar-refractivity contribution in [2.75, 3.05) is 13.2 Å². The van der Waals surface area contributed by atoms with Crippen molar-refractivity contribution in [2.24, 2.45) is 0 Å². The van der Waals surface area contributed by atoms with E-state index in [-0.39, 0.29) is 30.9 Å². The molecule has 0 aliphatic carbocycles. The highest BCUT2D eigenvalue weighted by atomic mass is 16.5. The van der Waals surface area contributed by atoms with Crippen molar-refractivity contribution < 1.29 is 34.1 Å². The summed E-state index contributed by atoms with van der Waals surface area (Å²) in [6.45, 7) is 3.43. The third-order valence-corrected chi connectivity index (χ3v) is 8.91. The maximum absolute atomic E-state index is 12.7. The maximum atomic E-state index is 12.7. The van der Waals surface area contributed by atoms with Gasteiger partial charge in [-0.2, -0.15) is 0 Å². The van der Waals surface area contributed by atoms with Crippen molar-refractivity contribution in [3.05, 3.63) is 24.3 Å². The number of unbranched alkanes of at least 4 members (excludes halogenated alkanes) is 20. The molecule has 0 fully saturated rings. The molecular formula is C41H74N2O7. The van der Waals surface area contributed by atoms with Crippen LogP contribution in [-0.2, 0) is 23.9 Å². The lowest BCUT2D eigenvalue weighted by molar-refractivity contribution is -0.147. The van der Waals surface area contributed by atoms with Gasteiger partial charge >= 0.3 is 11.9 Å². The Kier molecular flexibility index (Phi) is 34.2. The standard InChI is InChI=1S/C41H74N2O7/c1-3-5-7-9-11-13-14-15-16-17-18-19-21-23-29-33-40(47)50-36(30-26-22-20-12-10-8-6-4-2)31-27-24-25-28-32-38(45)42-34-39(46)43-37(35-44)41(48)49/h15-16,26,30,36-37,44H,3-14,17-25,27-29,31-35H2,1-2H3,(H,42,45)(H,43,46)(H,48,49)/b16-15-,30-26-. The van der Waals surface area contributed by atoms with Crippen molar-refractivity contribution >= 4 is 23.8 Å². The number of allylic oxidation sites excluding steroid dienone is 3. The number of rotatable bonds is 36. The van der Waals surface area contributed by atoms with Crippen LogP contribution >= 0.6 is 0 Å². The minimum absolute atomic E-state index is 0.119. The normalized spacial score (nSPS) is 12.7. The average Bonchev–Trinajstić information content (AvgIpc) is 3.10. The zero-order valence-corrected chi connectivity index (χ0v) is 31.9. The number of aliphatic carboxylic acids is 1. The van der Waals surface area contributed by atoms with Gasteiger partial charge in [-0.25, -0.2) is 4.79 Å². The maximum Gasteiger partial charge on any atom is 0.328 e. The molecule has 2 amide bonds. The molecule has 0 saturated carbocycles. The molecule has 9 nitrogen and oxygen atoms in total. The Labute approximate surface area is 304 Å². The monoisotopic (exact) mass is 707 g/mol. The van der Waals surface area contributed by atoms with Crippen molar-refractivity contribution in [1.82, 2.24) is 10.6 Å². The second kappa shape index (κ2) is 36.1. The van der Waals surface area contributed by atoms with E-state index in [1.165, 1.54) is 89.9 Å². The van der Waals surface area contributed by atoms with Crippen molar-refractivity contribution in [3.63, 3.8) is 0 Å². The Bertz CT molecular complexity index is 905. The Morgan fingerprint density at radius 1 is 0.600 bits per heavy atom. The number of aliphatic hydroxyl groups excluding tert-OH is 1. The second-order valence-electron chi connectivity index (χ2n) is 13.7. The molecular weight excluding hydrogens is 632 g/mol. The number of esters is 1. The smallest absolute Gasteiger partial charge is 0.328 e. The summed E-state index contributed by atoms with van der Waals surface area (Å²) >= 11 is 0. The number of carbonyl (C=O) groups excluding carboxylic acids is 3. The van der Waals surface area contributed by atoms with Gasteiger partial charge in [0.15, 0.2) is 0 Å². The van der Waals surface area contributed by atoms with E-state index in [1.807, 2.05) is 0 Å². The molecule has 0 radical (unpaired) electrons. The third kappa shape index (κ3) is 32.5. The second-order valence-corrected chi connectivity index (χ2v) is 13.7. The van der Waals surface area contributed by atoms with Gasteiger partial charge in [0.25, 0.3) is 0 Å². The zero-order valence-electron chi connectivity index (χ0n) is 31.9. The van der Waals surface area contributed by atoms with Crippen LogP contribution in [0.1, 0.15) is 187 Å². The van der Waals surface area contributed by atoms with E-state index >= 15 is 0 Å². The lowest BCUT2D eigenvalue weighted by Crippen LogP contribution is -2.47. The molecule has 290 valence electrons. The minimum Gasteiger partial charge on any atom is -0.480 e. The zero-order chi connectivity index (χ0) is 36.9. The fraction of sp³-hybridized carbons (Fsp3) is 0.805. The summed E-state index contributed by atoms with van der Waals surface area (Å²) in [5, 5.41) is 22.5. The topological polar surface area (TPSA) is 142 Å². The number of hydrogen-bond donors (Lipinski definition) is 4. The molecule has 0 rings (SSSR count). The minimum atomic E-state index is -1.39. The summed E-state index contributed by atoms with van der Waals surface area (Å²) in [6.07, 6.45) is 37.9.